The molecular formula is C85H152N18O19. The molecule has 1 rings (SSSR count). The standard InChI is InChI=1S/C85H152N18O19/c1-40(2)58-80(117)94(28)38-56(105)86-51(23)77(114)98(32)63(44(9)10)71(108)87-52(24)79(116)100(34)66(47(15)16)76(113)93-62(55(27)104)84(121)103(37)68(49(19)20)75(112)92-61(43(7)8)83(120)102(36)67(48(17)18)74(111)91-60(42(5)6)82(119)101(35)64(45(11)12)72(109)88-53(25)78(115)99(33)65(46(13)14)73(110)90-59(41(3)4)81(118)95(29)39-57(106)97(31)69(50(21)22)85(122)96(30)54(26)70(107)89-58/h40-55,58-69,104H,38-39H2,1-37H3,(H,86,105)(H,87,108)(H,88,109)(H,89,107)(H,90,110)(H,91,111)(H,92,112)(H,93,113)/t51-,52-,53-,54-,55+,58-,59-,60-,61-,62-,63-,64-,65-,66-,67-,68-,69-/m0/s1. The Morgan fingerprint density at radius 3 is 0.697 bits per heavy atom. The molecular weight excluding hydrogens is 1580 g/mol. The minimum atomic E-state index is -1.74. The van der Waals surface area contributed by atoms with Gasteiger partial charge in [0, 0.05) is 70.5 Å². The molecule has 17 atom stereocenters. The summed E-state index contributed by atoms with van der Waals surface area (Å²) in [5.41, 5.74) is 0. The van der Waals surface area contributed by atoms with Gasteiger partial charge in [0.05, 0.1) is 19.2 Å². The van der Waals surface area contributed by atoms with Gasteiger partial charge in [-0.15, -0.1) is 0 Å². The fraction of sp³-hybridized carbons (Fsp3) is 0.788. The van der Waals surface area contributed by atoms with Gasteiger partial charge in [-0.05, 0) is 99.7 Å². The first-order valence-corrected chi connectivity index (χ1v) is 42.6. The second kappa shape index (κ2) is 47.9. The van der Waals surface area contributed by atoms with Gasteiger partial charge in [-0.25, -0.2) is 0 Å². The number of nitrogens with one attached hydrogen (secondary N) is 8. The Morgan fingerprint density at radius 1 is 0.230 bits per heavy atom. The van der Waals surface area contributed by atoms with Crippen LogP contribution in [0.15, 0.2) is 0 Å². The summed E-state index contributed by atoms with van der Waals surface area (Å²) in [7, 11) is 13.4. The number of aliphatic hydroxyl groups is 1. The molecule has 0 bridgehead atoms. The lowest BCUT2D eigenvalue weighted by Crippen LogP contribution is -2.64. The van der Waals surface area contributed by atoms with E-state index in [-0.39, 0.29) is 0 Å². The molecule has 0 aromatic heterocycles. The molecule has 0 spiro atoms. The Labute approximate surface area is 724 Å². The third-order valence-corrected chi connectivity index (χ3v) is 22.7. The normalized spacial score (nSPS) is 28.0. The molecule has 1 fully saturated rings. The molecule has 18 amide bonds. The van der Waals surface area contributed by atoms with Crippen LogP contribution in [0.1, 0.15) is 187 Å². The van der Waals surface area contributed by atoms with Gasteiger partial charge in [0.1, 0.15) is 96.7 Å². The van der Waals surface area contributed by atoms with E-state index in [2.05, 4.69) is 42.5 Å². The van der Waals surface area contributed by atoms with E-state index in [1.165, 1.54) is 105 Å². The predicted molar refractivity (Wildman–Crippen MR) is 461 cm³/mol. The summed E-state index contributed by atoms with van der Waals surface area (Å²) in [6.45, 7) is 42.0. The summed E-state index contributed by atoms with van der Waals surface area (Å²) in [6.07, 6.45) is -1.61. The molecule has 696 valence electrons. The van der Waals surface area contributed by atoms with Crippen LogP contribution in [0.5, 0.6) is 0 Å². The van der Waals surface area contributed by atoms with E-state index >= 15 is 0 Å². The quantitative estimate of drug-likeness (QED) is 0.125. The molecule has 0 aliphatic carbocycles. The Balaban J connectivity index is 4.20. The average molecular weight is 1730 g/mol. The molecule has 37 nitrogen and oxygen atoms in total. The van der Waals surface area contributed by atoms with Crippen molar-refractivity contribution in [1.82, 2.24) is 91.5 Å². The lowest BCUT2D eigenvalue weighted by molar-refractivity contribution is -0.151. The summed E-state index contributed by atoms with van der Waals surface area (Å²) in [5, 5.41) is 32.9. The van der Waals surface area contributed by atoms with Gasteiger partial charge in [-0.1, -0.05) is 152 Å². The van der Waals surface area contributed by atoms with Crippen LogP contribution >= 0.6 is 0 Å². The lowest BCUT2D eigenvalue weighted by atomic mass is 9.94. The molecule has 0 aromatic carbocycles. The summed E-state index contributed by atoms with van der Waals surface area (Å²) < 4.78 is 0. The number of amides is 18. The van der Waals surface area contributed by atoms with Crippen LogP contribution in [0.25, 0.3) is 0 Å². The molecule has 1 saturated heterocycles. The highest BCUT2D eigenvalue weighted by molar-refractivity contribution is 6.02. The molecule has 37 heteroatoms. The van der Waals surface area contributed by atoms with E-state index in [1.807, 2.05) is 0 Å². The SMILES string of the molecule is CC(C)[C@@H]1NC(=O)[C@H](C(C)C)N(C)C(=O)[C@H](C)NC(=O)[C@H](C(C)C)N(C)C(=O)[C@H](C(C)C)NC(=O)[C@H](C(C)C)N(C)C(=O)[C@H](C(C)C)NC(=O)[C@H](C(C)C)N(C)C(=O)[C@H]([C@@H](C)O)NC(=O)[C@H](C(C)C)N(C)C(=O)[C@H](C)NC(=O)[C@H](C(C)C)N(C)C(=O)[C@H](C)NC(=O)CN(C)C(=O)[C@H](C(C)C)NC(=O)[C@H](C)N(C)C(=O)[C@H](C(C)C)N(C)C(=O)CN(C)C1=O. The molecule has 0 saturated carbocycles. The number of hydrogen-bond donors (Lipinski definition) is 9. The van der Waals surface area contributed by atoms with Crippen molar-refractivity contribution in [1.29, 1.82) is 0 Å². The predicted octanol–water partition coefficient (Wildman–Crippen LogP) is 0.0876. The third kappa shape index (κ3) is 28.8. The van der Waals surface area contributed by atoms with Crippen LogP contribution < -0.4 is 42.5 Å². The number of aliphatic hydroxyl groups excluding tert-OH is 1. The van der Waals surface area contributed by atoms with Gasteiger partial charge in [-0.2, -0.15) is 0 Å². The van der Waals surface area contributed by atoms with Crippen molar-refractivity contribution in [3.8, 4) is 0 Å². The maximum Gasteiger partial charge on any atom is 0.248 e. The van der Waals surface area contributed by atoms with Gasteiger partial charge < -0.3 is 96.6 Å². The van der Waals surface area contributed by atoms with Crippen molar-refractivity contribution in [2.75, 3.05) is 83.6 Å². The van der Waals surface area contributed by atoms with Gasteiger partial charge >= 0.3 is 0 Å². The number of hydrogen-bond acceptors (Lipinski definition) is 19. The summed E-state index contributed by atoms with van der Waals surface area (Å²) >= 11 is 0. The molecule has 0 radical (unpaired) electrons. The van der Waals surface area contributed by atoms with Crippen LogP contribution in [0, 0.1) is 65.1 Å². The van der Waals surface area contributed by atoms with Gasteiger partial charge in [0.25, 0.3) is 0 Å². The van der Waals surface area contributed by atoms with Crippen LogP contribution in [0.4, 0.5) is 0 Å². The average Bonchev–Trinajstić information content (AvgIpc) is 0.804. The topological polar surface area (TPSA) is 456 Å². The maximum atomic E-state index is 14.9. The smallest absolute Gasteiger partial charge is 0.248 e. The fourth-order valence-corrected chi connectivity index (χ4v) is 15.5. The fourth-order valence-electron chi connectivity index (χ4n) is 15.5. The van der Waals surface area contributed by atoms with E-state index in [9.17, 15) is 91.4 Å². The second-order valence-corrected chi connectivity index (χ2v) is 36.9. The Hall–Kier alpha value is -9.58. The van der Waals surface area contributed by atoms with E-state index in [1.54, 1.807) is 152 Å². The Bertz CT molecular complexity index is 3700. The Kier molecular flexibility index (Phi) is 43.4. The van der Waals surface area contributed by atoms with Gasteiger partial charge in [0.2, 0.25) is 106 Å². The molecule has 1 aliphatic heterocycles. The first-order valence-electron chi connectivity index (χ1n) is 42.6. The Morgan fingerprint density at radius 2 is 0.443 bits per heavy atom. The van der Waals surface area contributed by atoms with Crippen molar-refractivity contribution in [3.05, 3.63) is 0 Å². The van der Waals surface area contributed by atoms with Gasteiger partial charge in [0.15, 0.2) is 0 Å². The number of nitrogens with zero attached hydrogens (tertiary/aromatic N) is 10. The maximum absolute atomic E-state index is 14.9. The molecule has 9 N–H and O–H groups in total. The minimum Gasteiger partial charge on any atom is -0.391 e. The lowest BCUT2D eigenvalue weighted by Gasteiger charge is -2.38. The van der Waals surface area contributed by atoms with Crippen LogP contribution in [-0.4, -0.2) is 347 Å². The monoisotopic (exact) mass is 1730 g/mol. The summed E-state index contributed by atoms with van der Waals surface area (Å²) in [6, 6.07) is -21.2. The van der Waals surface area contributed by atoms with E-state index in [0.717, 1.165) is 49.0 Å². The highest BCUT2D eigenvalue weighted by Crippen LogP contribution is 2.25. The summed E-state index contributed by atoms with van der Waals surface area (Å²) in [5.74, 6) is -20.6. The van der Waals surface area contributed by atoms with Crippen molar-refractivity contribution in [3.63, 3.8) is 0 Å². The number of carbonyl (C=O) groups excluding carboxylic acids is 18. The highest BCUT2D eigenvalue weighted by Gasteiger charge is 2.47. The zero-order valence-electron chi connectivity index (χ0n) is 79.8. The zero-order chi connectivity index (χ0) is 95.4. The molecule has 0 aromatic rings. The van der Waals surface area contributed by atoms with Crippen molar-refractivity contribution in [2.45, 2.75) is 290 Å². The number of carbonyl (C=O) groups is 18. The number of likely N-dealkylation sites (N-methyl/N-ethyl adjacent to an activating group) is 10. The van der Waals surface area contributed by atoms with Gasteiger partial charge in [-0.3, -0.25) is 86.3 Å². The van der Waals surface area contributed by atoms with Crippen LogP contribution in [-0.2, 0) is 86.3 Å². The van der Waals surface area contributed by atoms with Crippen molar-refractivity contribution >= 4 is 106 Å². The highest BCUT2D eigenvalue weighted by atomic mass is 16.3. The first-order chi connectivity index (χ1) is 55.8. The first kappa shape index (κ1) is 110. The molecule has 122 heavy (non-hydrogen) atoms. The van der Waals surface area contributed by atoms with E-state index in [0.29, 0.717) is 0 Å². The van der Waals surface area contributed by atoms with E-state index < -0.39 is 287 Å². The van der Waals surface area contributed by atoms with Crippen molar-refractivity contribution in [2.24, 2.45) is 65.1 Å². The zero-order valence-corrected chi connectivity index (χ0v) is 79.8. The molecule has 1 aliphatic rings. The summed E-state index contributed by atoms with van der Waals surface area (Å²) in [4.78, 5) is 272. The van der Waals surface area contributed by atoms with Crippen molar-refractivity contribution < 1.29 is 91.4 Å². The van der Waals surface area contributed by atoms with Crippen LogP contribution in [0.2, 0.25) is 0 Å². The number of rotatable bonds is 12. The van der Waals surface area contributed by atoms with E-state index in [4.69, 9.17) is 0 Å². The minimum absolute atomic E-state index is 0.575. The second-order valence-electron chi connectivity index (χ2n) is 36.9. The molecule has 1 heterocycles. The largest absolute Gasteiger partial charge is 0.391 e. The van der Waals surface area contributed by atoms with Crippen LogP contribution in [0.3, 0.4) is 0 Å². The molecule has 0 unspecified atom stereocenters. The third-order valence-electron chi connectivity index (χ3n) is 22.7.